The molecule has 2 aromatic carbocycles. The van der Waals surface area contributed by atoms with Gasteiger partial charge in [-0.2, -0.15) is 4.98 Å². The lowest BCUT2D eigenvalue weighted by Gasteiger charge is -2.39. The Balaban J connectivity index is 1.15. The van der Waals surface area contributed by atoms with Crippen LogP contribution in [-0.2, 0) is 9.47 Å². The Morgan fingerprint density at radius 3 is 2.58 bits per heavy atom. The number of piperazine rings is 1. The normalized spacial score (nSPS) is 20.0. The first-order valence-electron chi connectivity index (χ1n) is 16.8. The zero-order valence-corrected chi connectivity index (χ0v) is 29.0. The van der Waals surface area contributed by atoms with Crippen LogP contribution in [0.3, 0.4) is 0 Å². The fraction of sp³-hybridized carbons (Fsp3) is 0.421. The molecule has 252 valence electrons. The highest BCUT2D eigenvalue weighted by atomic mass is 35.5. The van der Waals surface area contributed by atoms with Crippen LogP contribution in [0.25, 0.3) is 16.6 Å². The Hall–Kier alpha value is -4.05. The minimum atomic E-state index is -0.391. The van der Waals surface area contributed by atoms with Crippen molar-refractivity contribution in [3.8, 4) is 5.88 Å². The summed E-state index contributed by atoms with van der Waals surface area (Å²) in [5.74, 6) is 0.107. The predicted octanol–water partition coefficient (Wildman–Crippen LogP) is 7.33. The third-order valence-electron chi connectivity index (χ3n) is 10.1. The van der Waals surface area contributed by atoms with Crippen molar-refractivity contribution in [2.45, 2.75) is 39.2 Å². The number of aromatic nitrogens is 2. The summed E-state index contributed by atoms with van der Waals surface area (Å²) < 4.78 is 17.2. The standard InChI is InChI=1S/C38H44ClN5O4/c1-38(2)13-11-27(32(21-38)25-5-7-28(39)8-6-25)22-42-15-17-43(18-16-42)29-9-10-31(37(45)47-4)33(20-29)44-23-30(46-3)24-48-36-34(44)19-26-12-14-40-35(26)41-36/h5-10,12,14,19-20,30H,11,13,15-18,21-24H2,1-4H3,(H,40,41). The van der Waals surface area contributed by atoms with Crippen molar-refractivity contribution < 1.29 is 19.0 Å². The Kier molecular flexibility index (Phi) is 9.11. The molecule has 0 saturated carbocycles. The molecule has 1 atom stereocenters. The highest BCUT2D eigenvalue weighted by molar-refractivity contribution is 6.30. The second kappa shape index (κ2) is 13.5. The second-order valence-corrected chi connectivity index (χ2v) is 14.3. The highest BCUT2D eigenvalue weighted by Gasteiger charge is 2.32. The van der Waals surface area contributed by atoms with E-state index in [4.69, 9.17) is 30.8 Å². The Bertz CT molecular complexity index is 1830. The summed E-state index contributed by atoms with van der Waals surface area (Å²) in [4.78, 5) is 28.2. The summed E-state index contributed by atoms with van der Waals surface area (Å²) in [6, 6.07) is 18.4. The Labute approximate surface area is 287 Å². The SMILES string of the molecule is COC(=O)c1ccc(N2CCN(CC3=C(c4ccc(Cl)cc4)CC(C)(C)CC3)CC2)cc1N1CC(OC)COc2nc3[nH]ccc3cc21. The van der Waals surface area contributed by atoms with E-state index in [0.717, 1.165) is 78.7 Å². The van der Waals surface area contributed by atoms with E-state index >= 15 is 0 Å². The van der Waals surface area contributed by atoms with Crippen molar-refractivity contribution in [2.24, 2.45) is 5.41 Å². The van der Waals surface area contributed by atoms with E-state index in [1.165, 1.54) is 24.7 Å². The van der Waals surface area contributed by atoms with Gasteiger partial charge >= 0.3 is 5.97 Å². The van der Waals surface area contributed by atoms with Gasteiger partial charge in [0.25, 0.3) is 0 Å². The molecular formula is C38H44ClN5O4. The van der Waals surface area contributed by atoms with Crippen LogP contribution in [-0.4, -0.2) is 87.0 Å². The molecule has 10 heteroatoms. The van der Waals surface area contributed by atoms with E-state index in [-0.39, 0.29) is 11.5 Å². The first kappa shape index (κ1) is 32.5. The predicted molar refractivity (Wildman–Crippen MR) is 192 cm³/mol. The van der Waals surface area contributed by atoms with Gasteiger partial charge < -0.3 is 29.0 Å². The van der Waals surface area contributed by atoms with Crippen LogP contribution in [0.5, 0.6) is 5.88 Å². The Morgan fingerprint density at radius 1 is 1.04 bits per heavy atom. The number of aromatic amines is 1. The molecule has 0 radical (unpaired) electrons. The van der Waals surface area contributed by atoms with Gasteiger partial charge in [0.15, 0.2) is 0 Å². The van der Waals surface area contributed by atoms with E-state index in [9.17, 15) is 4.79 Å². The number of carbonyl (C=O) groups is 1. The van der Waals surface area contributed by atoms with Crippen LogP contribution in [0.1, 0.15) is 49.0 Å². The summed E-state index contributed by atoms with van der Waals surface area (Å²) in [5.41, 5.74) is 8.44. The number of anilines is 3. The van der Waals surface area contributed by atoms with Gasteiger partial charge in [0, 0.05) is 62.1 Å². The minimum Gasteiger partial charge on any atom is -0.473 e. The van der Waals surface area contributed by atoms with E-state index in [1.54, 1.807) is 12.7 Å². The molecule has 9 nitrogen and oxygen atoms in total. The summed E-state index contributed by atoms with van der Waals surface area (Å²) in [5, 5.41) is 1.73. The topological polar surface area (TPSA) is 83.2 Å². The molecule has 1 unspecified atom stereocenters. The number of halogens is 1. The van der Waals surface area contributed by atoms with Crippen molar-refractivity contribution in [2.75, 3.05) is 69.9 Å². The number of benzene rings is 2. The van der Waals surface area contributed by atoms with E-state index in [0.29, 0.717) is 24.6 Å². The van der Waals surface area contributed by atoms with Crippen LogP contribution in [0, 0.1) is 5.41 Å². The molecular weight excluding hydrogens is 626 g/mol. The smallest absolute Gasteiger partial charge is 0.339 e. The summed E-state index contributed by atoms with van der Waals surface area (Å²) >= 11 is 6.24. The number of hydrogen-bond acceptors (Lipinski definition) is 8. The molecule has 0 spiro atoms. The number of methoxy groups -OCH3 is 2. The van der Waals surface area contributed by atoms with E-state index in [1.807, 2.05) is 36.5 Å². The van der Waals surface area contributed by atoms with Gasteiger partial charge in [0.05, 0.1) is 24.9 Å². The maximum Gasteiger partial charge on any atom is 0.339 e. The minimum absolute atomic E-state index is 0.229. The van der Waals surface area contributed by atoms with Crippen molar-refractivity contribution >= 4 is 51.2 Å². The van der Waals surface area contributed by atoms with Crippen LogP contribution in [0.2, 0.25) is 5.02 Å². The average Bonchev–Trinajstić information content (AvgIpc) is 3.48. The first-order valence-corrected chi connectivity index (χ1v) is 17.2. The zero-order chi connectivity index (χ0) is 33.4. The highest BCUT2D eigenvalue weighted by Crippen LogP contribution is 2.44. The van der Waals surface area contributed by atoms with Crippen molar-refractivity contribution in [1.29, 1.82) is 0 Å². The van der Waals surface area contributed by atoms with Gasteiger partial charge in [-0.15, -0.1) is 0 Å². The number of carbonyl (C=O) groups excluding carboxylic acids is 1. The molecule has 1 fully saturated rings. The fourth-order valence-electron chi connectivity index (χ4n) is 7.27. The van der Waals surface area contributed by atoms with Crippen LogP contribution < -0.4 is 14.5 Å². The number of nitrogens with one attached hydrogen (secondary N) is 1. The van der Waals surface area contributed by atoms with Crippen molar-refractivity contribution in [1.82, 2.24) is 14.9 Å². The molecule has 48 heavy (non-hydrogen) atoms. The lowest BCUT2D eigenvalue weighted by molar-refractivity contribution is 0.0599. The number of rotatable bonds is 7. The molecule has 1 saturated heterocycles. The number of fused-ring (bicyclic) bond motifs is 2. The van der Waals surface area contributed by atoms with Gasteiger partial charge in [0.2, 0.25) is 5.88 Å². The second-order valence-electron chi connectivity index (χ2n) is 13.9. The number of hydrogen-bond donors (Lipinski definition) is 1. The maximum absolute atomic E-state index is 13.1. The fourth-order valence-corrected chi connectivity index (χ4v) is 7.40. The lowest BCUT2D eigenvalue weighted by atomic mass is 9.72. The molecule has 0 bridgehead atoms. The van der Waals surface area contributed by atoms with Gasteiger partial charge in [0.1, 0.15) is 24.0 Å². The van der Waals surface area contributed by atoms with Crippen LogP contribution in [0.15, 0.2) is 66.4 Å². The number of esters is 1. The summed E-state index contributed by atoms with van der Waals surface area (Å²) in [7, 11) is 3.10. The molecule has 4 aromatic rings. The van der Waals surface area contributed by atoms with Gasteiger partial charge in [-0.05, 0) is 78.3 Å². The molecule has 2 aromatic heterocycles. The maximum atomic E-state index is 13.1. The largest absolute Gasteiger partial charge is 0.473 e. The number of pyridine rings is 1. The summed E-state index contributed by atoms with van der Waals surface area (Å²) in [6.45, 7) is 10.3. The number of allylic oxidation sites excluding steroid dienone is 1. The number of nitrogens with zero attached hydrogens (tertiary/aromatic N) is 4. The molecule has 1 N–H and O–H groups in total. The first-order chi connectivity index (χ1) is 23.2. The van der Waals surface area contributed by atoms with E-state index < -0.39 is 5.97 Å². The third-order valence-corrected chi connectivity index (χ3v) is 10.4. The van der Waals surface area contributed by atoms with E-state index in [2.05, 4.69) is 57.8 Å². The van der Waals surface area contributed by atoms with Gasteiger partial charge in [-0.25, -0.2) is 4.79 Å². The summed E-state index contributed by atoms with van der Waals surface area (Å²) in [6.07, 6.45) is 5.04. The number of ether oxygens (including phenoxy) is 3. The van der Waals surface area contributed by atoms with Crippen LogP contribution in [0.4, 0.5) is 17.1 Å². The monoisotopic (exact) mass is 669 g/mol. The molecule has 0 amide bonds. The average molecular weight is 670 g/mol. The molecule has 7 rings (SSSR count). The Morgan fingerprint density at radius 2 is 1.83 bits per heavy atom. The van der Waals surface area contributed by atoms with Crippen molar-refractivity contribution in [3.05, 3.63) is 82.5 Å². The third kappa shape index (κ3) is 6.64. The van der Waals surface area contributed by atoms with Crippen molar-refractivity contribution in [3.63, 3.8) is 0 Å². The van der Waals surface area contributed by atoms with Gasteiger partial charge in [-0.3, -0.25) is 4.90 Å². The quantitative estimate of drug-likeness (QED) is 0.205. The van der Waals surface area contributed by atoms with Crippen LogP contribution >= 0.6 is 11.6 Å². The molecule has 4 heterocycles. The molecule has 3 aliphatic rings. The lowest BCUT2D eigenvalue weighted by Crippen LogP contribution is -2.47. The molecule has 1 aliphatic carbocycles. The zero-order valence-electron chi connectivity index (χ0n) is 28.2. The molecule has 2 aliphatic heterocycles. The number of H-pyrrole nitrogens is 1. The van der Waals surface area contributed by atoms with Gasteiger partial charge in [-0.1, -0.05) is 43.2 Å².